The molecule has 0 amide bonds. The van der Waals surface area contributed by atoms with Crippen molar-refractivity contribution in [2.75, 3.05) is 0 Å². The number of rotatable bonds is 16. The van der Waals surface area contributed by atoms with E-state index in [1.807, 2.05) is 0 Å². The fourth-order valence-electron chi connectivity index (χ4n) is 2.43. The third kappa shape index (κ3) is 18.9. The van der Waals surface area contributed by atoms with Crippen LogP contribution in [0.15, 0.2) is 24.3 Å². The van der Waals surface area contributed by atoms with E-state index < -0.39 is 5.97 Å². The summed E-state index contributed by atoms with van der Waals surface area (Å²) in [4.78, 5) is 10.3. The third-order valence-corrected chi connectivity index (χ3v) is 3.89. The summed E-state index contributed by atoms with van der Waals surface area (Å²) in [6.45, 7) is 2.21. The number of aliphatic hydroxyl groups excluding tert-OH is 1. The highest BCUT2D eigenvalue weighted by molar-refractivity contribution is 5.66. The van der Waals surface area contributed by atoms with Crippen molar-refractivity contribution in [1.82, 2.24) is 0 Å². The molecule has 3 nitrogen and oxygen atoms in total. The first-order valence-corrected chi connectivity index (χ1v) is 9.36. The molecule has 0 aromatic heterocycles. The van der Waals surface area contributed by atoms with Crippen LogP contribution in [0.3, 0.4) is 0 Å². The maximum atomic E-state index is 10.3. The first kappa shape index (κ1) is 21.9. The summed E-state index contributed by atoms with van der Waals surface area (Å²) in [7, 11) is 0. The van der Waals surface area contributed by atoms with Crippen molar-refractivity contribution in [3.05, 3.63) is 24.3 Å². The average molecular weight is 325 g/mol. The van der Waals surface area contributed by atoms with E-state index in [0.29, 0.717) is 0 Å². The molecule has 0 fully saturated rings. The van der Waals surface area contributed by atoms with E-state index in [1.165, 1.54) is 19.3 Å². The minimum atomic E-state index is -0.715. The van der Waals surface area contributed by atoms with Crippen molar-refractivity contribution in [2.45, 2.75) is 96.5 Å². The molecule has 0 aliphatic carbocycles. The minimum absolute atomic E-state index is 0.191. The molecule has 0 rings (SSSR count). The van der Waals surface area contributed by atoms with E-state index >= 15 is 0 Å². The second kappa shape index (κ2) is 17.3. The Morgan fingerprint density at radius 1 is 0.870 bits per heavy atom. The molecule has 0 radical (unpaired) electrons. The van der Waals surface area contributed by atoms with E-state index in [0.717, 1.165) is 57.8 Å². The number of carboxylic acids is 1. The molecule has 0 bridgehead atoms. The summed E-state index contributed by atoms with van der Waals surface area (Å²) < 4.78 is 0. The van der Waals surface area contributed by atoms with Crippen LogP contribution in [0.4, 0.5) is 0 Å². The van der Waals surface area contributed by atoms with Gasteiger partial charge in [0.2, 0.25) is 0 Å². The number of unbranched alkanes of at least 4 members (excludes halogenated alkanes) is 7. The molecule has 0 spiro atoms. The highest BCUT2D eigenvalue weighted by Gasteiger charge is 2.00. The lowest BCUT2D eigenvalue weighted by Crippen LogP contribution is -2.04. The predicted octanol–water partition coefficient (Wildman–Crippen LogP) is 5.64. The van der Waals surface area contributed by atoms with Gasteiger partial charge in [0.1, 0.15) is 0 Å². The quantitative estimate of drug-likeness (QED) is 0.285. The number of aliphatic hydroxyl groups is 1. The van der Waals surface area contributed by atoms with Crippen LogP contribution in [0.2, 0.25) is 0 Å². The van der Waals surface area contributed by atoms with Crippen molar-refractivity contribution < 1.29 is 15.0 Å². The summed E-state index contributed by atoms with van der Waals surface area (Å²) in [5.41, 5.74) is 0. The molecule has 0 aliphatic rings. The van der Waals surface area contributed by atoms with E-state index in [4.69, 9.17) is 5.11 Å². The number of carbonyl (C=O) groups is 1. The lowest BCUT2D eigenvalue weighted by Gasteiger charge is -2.07. The van der Waals surface area contributed by atoms with Crippen LogP contribution >= 0.6 is 0 Å². The maximum absolute atomic E-state index is 10.3. The zero-order valence-electron chi connectivity index (χ0n) is 14.9. The molecular formula is C20H36O3. The van der Waals surface area contributed by atoms with Crippen molar-refractivity contribution in [3.8, 4) is 0 Å². The van der Waals surface area contributed by atoms with Gasteiger partial charge in [0.25, 0.3) is 0 Å². The van der Waals surface area contributed by atoms with E-state index in [1.54, 1.807) is 0 Å². The Labute approximate surface area is 142 Å². The van der Waals surface area contributed by atoms with E-state index in [-0.39, 0.29) is 12.5 Å². The van der Waals surface area contributed by atoms with Gasteiger partial charge in [-0.25, -0.2) is 0 Å². The lowest BCUT2D eigenvalue weighted by molar-refractivity contribution is -0.137. The molecule has 0 aliphatic heterocycles. The van der Waals surface area contributed by atoms with Crippen molar-refractivity contribution in [2.24, 2.45) is 0 Å². The smallest absolute Gasteiger partial charge is 0.303 e. The van der Waals surface area contributed by atoms with Crippen LogP contribution in [-0.4, -0.2) is 22.3 Å². The predicted molar refractivity (Wildman–Crippen MR) is 97.6 cm³/mol. The Bertz CT molecular complexity index is 321. The van der Waals surface area contributed by atoms with Gasteiger partial charge in [0.15, 0.2) is 0 Å². The fourth-order valence-corrected chi connectivity index (χ4v) is 2.43. The van der Waals surface area contributed by atoms with Crippen molar-refractivity contribution >= 4 is 5.97 Å². The van der Waals surface area contributed by atoms with Crippen molar-refractivity contribution in [3.63, 3.8) is 0 Å². The largest absolute Gasteiger partial charge is 0.481 e. The van der Waals surface area contributed by atoms with Gasteiger partial charge in [0.05, 0.1) is 6.10 Å². The number of hydrogen-bond donors (Lipinski definition) is 2. The number of carboxylic acid groups (broad SMARTS) is 1. The normalized spacial score (nSPS) is 13.1. The summed E-state index contributed by atoms with van der Waals surface area (Å²) in [6.07, 6.45) is 21.3. The third-order valence-electron chi connectivity index (χ3n) is 3.89. The first-order chi connectivity index (χ1) is 11.2. The molecule has 0 heterocycles. The first-order valence-electron chi connectivity index (χ1n) is 9.36. The standard InChI is InChI=1S/C20H36O3/c1-2-3-4-5-10-13-16-19(21)17-14-11-8-6-7-9-12-15-18-20(22)23/h7,9-10,13,19,21H,2-6,8,11-12,14-18H2,1H3,(H,22,23)/b9-7-,13-10-/t19-/m1/s1. The van der Waals surface area contributed by atoms with Crippen molar-refractivity contribution in [1.29, 1.82) is 0 Å². The SMILES string of the molecule is CCCCC/C=C\C[C@@H](O)CCCCC/C=C\CCCC(=O)O. The number of hydrogen-bond acceptors (Lipinski definition) is 2. The Morgan fingerprint density at radius 2 is 1.48 bits per heavy atom. The monoisotopic (exact) mass is 324 g/mol. The van der Waals surface area contributed by atoms with Gasteiger partial charge in [-0.1, -0.05) is 56.9 Å². The molecule has 2 N–H and O–H groups in total. The van der Waals surface area contributed by atoms with Gasteiger partial charge in [-0.15, -0.1) is 0 Å². The molecule has 23 heavy (non-hydrogen) atoms. The van der Waals surface area contributed by atoms with Gasteiger partial charge in [-0.3, -0.25) is 4.79 Å². The average Bonchev–Trinajstić information content (AvgIpc) is 2.52. The molecule has 3 heteroatoms. The molecule has 0 saturated carbocycles. The molecule has 0 aromatic carbocycles. The summed E-state index contributed by atoms with van der Waals surface area (Å²) in [6, 6.07) is 0. The topological polar surface area (TPSA) is 57.5 Å². The summed E-state index contributed by atoms with van der Waals surface area (Å²) in [5.74, 6) is -0.715. The van der Waals surface area contributed by atoms with Gasteiger partial charge in [-0.05, 0) is 51.4 Å². The second-order valence-electron chi connectivity index (χ2n) is 6.25. The van der Waals surface area contributed by atoms with E-state index in [9.17, 15) is 9.90 Å². The highest BCUT2D eigenvalue weighted by Crippen LogP contribution is 2.10. The van der Waals surface area contributed by atoms with Crippen LogP contribution < -0.4 is 0 Å². The van der Waals surface area contributed by atoms with Crippen LogP contribution in [-0.2, 0) is 4.79 Å². The van der Waals surface area contributed by atoms with Crippen LogP contribution in [0.25, 0.3) is 0 Å². The van der Waals surface area contributed by atoms with Gasteiger partial charge in [-0.2, -0.15) is 0 Å². The Hall–Kier alpha value is -1.09. The Kier molecular flexibility index (Phi) is 16.4. The van der Waals surface area contributed by atoms with E-state index in [2.05, 4.69) is 31.2 Å². The van der Waals surface area contributed by atoms with Crippen LogP contribution in [0, 0.1) is 0 Å². The molecule has 134 valence electrons. The zero-order valence-corrected chi connectivity index (χ0v) is 14.9. The van der Waals surface area contributed by atoms with Gasteiger partial charge in [0, 0.05) is 6.42 Å². The number of allylic oxidation sites excluding steroid dienone is 3. The van der Waals surface area contributed by atoms with Gasteiger partial charge < -0.3 is 10.2 Å². The Balaban J connectivity index is 3.33. The van der Waals surface area contributed by atoms with Crippen LogP contribution in [0.5, 0.6) is 0 Å². The van der Waals surface area contributed by atoms with Gasteiger partial charge >= 0.3 is 5.97 Å². The number of aliphatic carboxylic acids is 1. The molecule has 1 atom stereocenters. The molecule has 0 saturated heterocycles. The molecule has 0 unspecified atom stereocenters. The zero-order chi connectivity index (χ0) is 17.2. The molecular weight excluding hydrogens is 288 g/mol. The minimum Gasteiger partial charge on any atom is -0.481 e. The molecule has 0 aromatic rings. The summed E-state index contributed by atoms with van der Waals surface area (Å²) >= 11 is 0. The fraction of sp³-hybridized carbons (Fsp3) is 0.750. The highest BCUT2D eigenvalue weighted by atomic mass is 16.4. The second-order valence-corrected chi connectivity index (χ2v) is 6.25. The maximum Gasteiger partial charge on any atom is 0.303 e. The Morgan fingerprint density at radius 3 is 2.13 bits per heavy atom. The summed E-state index contributed by atoms with van der Waals surface area (Å²) in [5, 5.41) is 18.4. The van der Waals surface area contributed by atoms with Crippen LogP contribution in [0.1, 0.15) is 90.4 Å². The lowest BCUT2D eigenvalue weighted by atomic mass is 10.1.